The molecule has 0 fully saturated rings. The lowest BCUT2D eigenvalue weighted by Gasteiger charge is -2.18. The molecule has 0 amide bonds. The molecule has 1 unspecified atom stereocenters. The van der Waals surface area contributed by atoms with Crippen molar-refractivity contribution >= 4 is 15.9 Å². The first-order valence-electron chi connectivity index (χ1n) is 7.64. The second-order valence-electron chi connectivity index (χ2n) is 5.04. The first kappa shape index (κ1) is 18.6. The van der Waals surface area contributed by atoms with Crippen LogP contribution in [0.25, 0.3) is 0 Å². The Kier molecular flexibility index (Phi) is 9.15. The molecule has 0 aliphatic rings. The Labute approximate surface area is 136 Å². The lowest BCUT2D eigenvalue weighted by atomic mass is 10.1. The van der Waals surface area contributed by atoms with Crippen molar-refractivity contribution in [3.05, 3.63) is 15.9 Å². The third-order valence-corrected chi connectivity index (χ3v) is 4.39. The van der Waals surface area contributed by atoms with Gasteiger partial charge in [0.15, 0.2) is 0 Å². The van der Waals surface area contributed by atoms with Crippen LogP contribution in [0.15, 0.2) is 4.47 Å². The summed E-state index contributed by atoms with van der Waals surface area (Å²) in [6.07, 6.45) is 2.88. The van der Waals surface area contributed by atoms with Crippen LogP contribution in [0, 0.1) is 0 Å². The molecule has 0 aliphatic heterocycles. The van der Waals surface area contributed by atoms with Gasteiger partial charge in [0.1, 0.15) is 0 Å². The van der Waals surface area contributed by atoms with E-state index in [4.69, 9.17) is 9.47 Å². The molecule has 1 heterocycles. The van der Waals surface area contributed by atoms with E-state index in [1.54, 1.807) is 7.11 Å². The number of methoxy groups -OCH3 is 1. The van der Waals surface area contributed by atoms with Crippen molar-refractivity contribution in [2.45, 2.75) is 39.2 Å². The maximum atomic E-state index is 5.58. The summed E-state index contributed by atoms with van der Waals surface area (Å²) in [5.41, 5.74) is 2.37. The zero-order chi connectivity index (χ0) is 15.7. The maximum absolute atomic E-state index is 5.58. The standard InChI is InChI=1S/C15H28BrN3O2/c1-5-13-15(16)14(19(3)18-13)11-12(17-6-2)7-8-21-10-9-20-4/h12,17H,5-11H2,1-4H3. The predicted octanol–water partition coefficient (Wildman–Crippen LogP) is 2.32. The van der Waals surface area contributed by atoms with E-state index < -0.39 is 0 Å². The van der Waals surface area contributed by atoms with E-state index in [0.29, 0.717) is 19.3 Å². The van der Waals surface area contributed by atoms with Gasteiger partial charge < -0.3 is 14.8 Å². The third kappa shape index (κ3) is 6.06. The Hall–Kier alpha value is -0.430. The Morgan fingerprint density at radius 2 is 2.05 bits per heavy atom. The SMILES string of the molecule is CCNC(CCOCCOC)Cc1c(Br)c(CC)nn1C. The summed E-state index contributed by atoms with van der Waals surface area (Å²) in [7, 11) is 3.70. The summed E-state index contributed by atoms with van der Waals surface area (Å²) in [5, 5.41) is 8.09. The minimum absolute atomic E-state index is 0.397. The van der Waals surface area contributed by atoms with Gasteiger partial charge in [-0.2, -0.15) is 5.10 Å². The van der Waals surface area contributed by atoms with Crippen molar-refractivity contribution in [1.29, 1.82) is 0 Å². The van der Waals surface area contributed by atoms with Crippen LogP contribution < -0.4 is 5.32 Å². The molecule has 0 aromatic carbocycles. The molecule has 0 radical (unpaired) electrons. The number of aromatic nitrogens is 2. The fourth-order valence-corrected chi connectivity index (χ4v) is 3.09. The minimum atomic E-state index is 0.397. The van der Waals surface area contributed by atoms with Gasteiger partial charge in [-0.05, 0) is 35.3 Å². The average molecular weight is 362 g/mol. The Bertz CT molecular complexity index is 410. The Morgan fingerprint density at radius 3 is 2.62 bits per heavy atom. The quantitative estimate of drug-likeness (QED) is 0.614. The van der Waals surface area contributed by atoms with E-state index in [9.17, 15) is 0 Å². The van der Waals surface area contributed by atoms with E-state index in [1.807, 2.05) is 11.7 Å². The molecule has 0 bridgehead atoms. The molecule has 0 aliphatic carbocycles. The third-order valence-electron chi connectivity index (χ3n) is 3.48. The first-order chi connectivity index (χ1) is 10.1. The number of hydrogen-bond donors (Lipinski definition) is 1. The molecule has 122 valence electrons. The number of rotatable bonds is 11. The molecule has 1 atom stereocenters. The smallest absolute Gasteiger partial charge is 0.0766 e. The van der Waals surface area contributed by atoms with Gasteiger partial charge in [0.25, 0.3) is 0 Å². The summed E-state index contributed by atoms with van der Waals surface area (Å²) in [6.45, 7) is 7.27. The van der Waals surface area contributed by atoms with Crippen molar-refractivity contribution in [2.24, 2.45) is 7.05 Å². The molecule has 1 aromatic rings. The summed E-state index contributed by atoms with van der Waals surface area (Å²) in [5.74, 6) is 0. The van der Waals surface area contributed by atoms with Crippen molar-refractivity contribution in [3.8, 4) is 0 Å². The summed E-state index contributed by atoms with van der Waals surface area (Å²) >= 11 is 3.69. The number of aryl methyl sites for hydroxylation is 2. The van der Waals surface area contributed by atoms with Crippen LogP contribution in [-0.2, 0) is 29.4 Å². The molecule has 6 heteroatoms. The van der Waals surface area contributed by atoms with E-state index >= 15 is 0 Å². The van der Waals surface area contributed by atoms with Crippen LogP contribution in [0.1, 0.15) is 31.7 Å². The average Bonchev–Trinajstić information content (AvgIpc) is 2.74. The van der Waals surface area contributed by atoms with Crippen molar-refractivity contribution in [1.82, 2.24) is 15.1 Å². The van der Waals surface area contributed by atoms with Crippen LogP contribution in [-0.4, -0.2) is 49.3 Å². The number of hydrogen-bond acceptors (Lipinski definition) is 4. The highest BCUT2D eigenvalue weighted by Crippen LogP contribution is 2.23. The minimum Gasteiger partial charge on any atom is -0.382 e. The highest BCUT2D eigenvalue weighted by molar-refractivity contribution is 9.10. The van der Waals surface area contributed by atoms with Crippen LogP contribution in [0.5, 0.6) is 0 Å². The van der Waals surface area contributed by atoms with Crippen LogP contribution >= 0.6 is 15.9 Å². The highest BCUT2D eigenvalue weighted by Gasteiger charge is 2.17. The normalized spacial score (nSPS) is 12.8. The highest BCUT2D eigenvalue weighted by atomic mass is 79.9. The van der Waals surface area contributed by atoms with E-state index in [2.05, 4.69) is 40.2 Å². The molecule has 1 aromatic heterocycles. The lowest BCUT2D eigenvalue weighted by Crippen LogP contribution is -2.33. The molecule has 0 saturated carbocycles. The largest absolute Gasteiger partial charge is 0.382 e. The molecule has 21 heavy (non-hydrogen) atoms. The molecule has 0 saturated heterocycles. The van der Waals surface area contributed by atoms with E-state index in [1.165, 1.54) is 5.69 Å². The van der Waals surface area contributed by atoms with Gasteiger partial charge in [0.05, 0.1) is 29.1 Å². The van der Waals surface area contributed by atoms with Crippen molar-refractivity contribution in [3.63, 3.8) is 0 Å². The summed E-state index contributed by atoms with van der Waals surface area (Å²) in [6, 6.07) is 0.397. The predicted molar refractivity (Wildman–Crippen MR) is 88.8 cm³/mol. The monoisotopic (exact) mass is 361 g/mol. The van der Waals surface area contributed by atoms with E-state index in [-0.39, 0.29) is 0 Å². The number of nitrogens with zero attached hydrogens (tertiary/aromatic N) is 2. The van der Waals surface area contributed by atoms with Crippen molar-refractivity contribution in [2.75, 3.05) is 33.5 Å². The Balaban J connectivity index is 2.55. The first-order valence-corrected chi connectivity index (χ1v) is 8.43. The number of likely N-dealkylation sites (N-methyl/N-ethyl adjacent to an activating group) is 1. The van der Waals surface area contributed by atoms with Crippen LogP contribution in [0.3, 0.4) is 0 Å². The van der Waals surface area contributed by atoms with Crippen LogP contribution in [0.2, 0.25) is 0 Å². The fraction of sp³-hybridized carbons (Fsp3) is 0.800. The molecule has 1 N–H and O–H groups in total. The zero-order valence-corrected chi connectivity index (χ0v) is 15.2. The van der Waals surface area contributed by atoms with Gasteiger partial charge in [-0.25, -0.2) is 0 Å². The second-order valence-corrected chi connectivity index (χ2v) is 5.83. The maximum Gasteiger partial charge on any atom is 0.0766 e. The molecule has 5 nitrogen and oxygen atoms in total. The lowest BCUT2D eigenvalue weighted by molar-refractivity contribution is 0.0658. The Morgan fingerprint density at radius 1 is 1.29 bits per heavy atom. The van der Waals surface area contributed by atoms with Gasteiger partial charge in [-0.1, -0.05) is 13.8 Å². The van der Waals surface area contributed by atoms with Gasteiger partial charge >= 0.3 is 0 Å². The molecular weight excluding hydrogens is 334 g/mol. The van der Waals surface area contributed by atoms with Gasteiger partial charge in [-0.15, -0.1) is 0 Å². The van der Waals surface area contributed by atoms with Gasteiger partial charge in [-0.3, -0.25) is 4.68 Å². The topological polar surface area (TPSA) is 48.3 Å². The van der Waals surface area contributed by atoms with Crippen LogP contribution in [0.4, 0.5) is 0 Å². The molecular formula is C15H28BrN3O2. The number of ether oxygens (including phenoxy) is 2. The second kappa shape index (κ2) is 10.3. The number of halogens is 1. The van der Waals surface area contributed by atoms with Gasteiger partial charge in [0, 0.05) is 33.2 Å². The van der Waals surface area contributed by atoms with Gasteiger partial charge in [0.2, 0.25) is 0 Å². The van der Waals surface area contributed by atoms with E-state index in [0.717, 1.165) is 42.6 Å². The summed E-state index contributed by atoms with van der Waals surface area (Å²) < 4.78 is 13.7. The molecule has 1 rings (SSSR count). The van der Waals surface area contributed by atoms with Crippen molar-refractivity contribution < 1.29 is 9.47 Å². The molecule has 0 spiro atoms. The zero-order valence-electron chi connectivity index (χ0n) is 13.6. The number of nitrogens with one attached hydrogen (secondary N) is 1. The fourth-order valence-electron chi connectivity index (χ4n) is 2.31. The summed E-state index contributed by atoms with van der Waals surface area (Å²) in [4.78, 5) is 0.